The van der Waals surface area contributed by atoms with Gasteiger partial charge in [-0.2, -0.15) is 0 Å². The molecule has 2 heterocycles. The summed E-state index contributed by atoms with van der Waals surface area (Å²) < 4.78 is 16.8. The molecule has 5 nitrogen and oxygen atoms in total. The van der Waals surface area contributed by atoms with E-state index in [2.05, 4.69) is 6.07 Å². The smallest absolute Gasteiger partial charge is 0.255 e. The van der Waals surface area contributed by atoms with E-state index < -0.39 is 0 Å². The summed E-state index contributed by atoms with van der Waals surface area (Å²) in [6.45, 7) is 1.42. The van der Waals surface area contributed by atoms with Gasteiger partial charge in [-0.1, -0.05) is 42.5 Å². The van der Waals surface area contributed by atoms with Crippen LogP contribution in [0.25, 0.3) is 0 Å². The van der Waals surface area contributed by atoms with Crippen molar-refractivity contribution in [3.05, 3.63) is 89.5 Å². The van der Waals surface area contributed by atoms with Crippen molar-refractivity contribution < 1.29 is 19.0 Å². The maximum atomic E-state index is 13.2. The summed E-state index contributed by atoms with van der Waals surface area (Å²) in [5, 5.41) is -0.0387. The molecule has 1 saturated heterocycles. The summed E-state index contributed by atoms with van der Waals surface area (Å²) in [6, 6.07) is 23.5. The lowest BCUT2D eigenvalue weighted by molar-refractivity contribution is 0.0759. The fraction of sp³-hybridized carbons (Fsp3) is 0.208. The van der Waals surface area contributed by atoms with E-state index in [-0.39, 0.29) is 18.1 Å². The van der Waals surface area contributed by atoms with Gasteiger partial charge in [0.15, 0.2) is 11.5 Å². The molecule has 0 aromatic heterocycles. The number of carbonyl (C=O) groups excluding carboxylic acids is 1. The van der Waals surface area contributed by atoms with E-state index >= 15 is 0 Å². The minimum absolute atomic E-state index is 0.00101. The number of hydrogen-bond acceptors (Lipinski definition) is 5. The lowest BCUT2D eigenvalue weighted by atomic mass is 10.1. The molecule has 0 spiro atoms. The Morgan fingerprint density at radius 2 is 1.87 bits per heavy atom. The third-order valence-electron chi connectivity index (χ3n) is 5.16. The zero-order valence-electron chi connectivity index (χ0n) is 16.3. The van der Waals surface area contributed by atoms with Crippen LogP contribution in [0.1, 0.15) is 26.9 Å². The molecule has 1 amide bonds. The van der Waals surface area contributed by atoms with E-state index in [0.29, 0.717) is 30.2 Å². The number of thioether (sulfide) groups is 1. The molecule has 1 atom stereocenters. The Labute approximate surface area is 179 Å². The van der Waals surface area contributed by atoms with Gasteiger partial charge in [0.25, 0.3) is 5.91 Å². The minimum Gasteiger partial charge on any atom is -0.489 e. The summed E-state index contributed by atoms with van der Waals surface area (Å²) in [4.78, 5) is 15.1. The van der Waals surface area contributed by atoms with Crippen LogP contribution >= 0.6 is 11.8 Å². The topological polar surface area (TPSA) is 48.0 Å². The Morgan fingerprint density at radius 1 is 1.00 bits per heavy atom. The van der Waals surface area contributed by atoms with Crippen molar-refractivity contribution in [1.29, 1.82) is 0 Å². The first-order valence-corrected chi connectivity index (χ1v) is 10.9. The highest BCUT2D eigenvalue weighted by molar-refractivity contribution is 7.99. The van der Waals surface area contributed by atoms with Crippen LogP contribution in [0.15, 0.2) is 72.8 Å². The molecule has 30 heavy (non-hydrogen) atoms. The van der Waals surface area contributed by atoms with Crippen molar-refractivity contribution in [3.63, 3.8) is 0 Å². The molecule has 2 aliphatic heterocycles. The third kappa shape index (κ3) is 3.83. The first kappa shape index (κ1) is 18.9. The predicted molar refractivity (Wildman–Crippen MR) is 116 cm³/mol. The second kappa shape index (κ2) is 8.32. The summed E-state index contributed by atoms with van der Waals surface area (Å²) in [6.07, 6.45) is 0. The van der Waals surface area contributed by atoms with E-state index in [9.17, 15) is 4.79 Å². The molecule has 1 fully saturated rings. The van der Waals surface area contributed by atoms with Gasteiger partial charge in [-0.3, -0.25) is 4.79 Å². The summed E-state index contributed by atoms with van der Waals surface area (Å²) in [7, 11) is 0. The van der Waals surface area contributed by atoms with Crippen molar-refractivity contribution in [2.45, 2.75) is 12.0 Å². The van der Waals surface area contributed by atoms with Crippen molar-refractivity contribution >= 4 is 17.7 Å². The van der Waals surface area contributed by atoms with Crippen LogP contribution in [0, 0.1) is 0 Å². The molecule has 5 rings (SSSR count). The Bertz CT molecular complexity index is 1060. The highest BCUT2D eigenvalue weighted by atomic mass is 32.2. The number of benzene rings is 3. The largest absolute Gasteiger partial charge is 0.489 e. The van der Waals surface area contributed by atoms with Crippen molar-refractivity contribution in [2.75, 3.05) is 19.1 Å². The molecule has 3 aromatic rings. The van der Waals surface area contributed by atoms with Crippen LogP contribution in [0.5, 0.6) is 17.2 Å². The van der Waals surface area contributed by atoms with Crippen LogP contribution < -0.4 is 14.2 Å². The zero-order valence-corrected chi connectivity index (χ0v) is 17.1. The molecule has 152 valence electrons. The first-order valence-electron chi connectivity index (χ1n) is 9.87. The van der Waals surface area contributed by atoms with E-state index in [1.165, 1.54) is 0 Å². The van der Waals surface area contributed by atoms with Crippen molar-refractivity contribution in [3.8, 4) is 17.2 Å². The van der Waals surface area contributed by atoms with Crippen LogP contribution in [-0.4, -0.2) is 29.9 Å². The molecule has 2 aliphatic rings. The third-order valence-corrected chi connectivity index (χ3v) is 6.42. The van der Waals surface area contributed by atoms with E-state index in [0.717, 1.165) is 22.6 Å². The highest BCUT2D eigenvalue weighted by Gasteiger charge is 2.32. The predicted octanol–water partition coefficient (Wildman–Crippen LogP) is 4.88. The van der Waals surface area contributed by atoms with Crippen molar-refractivity contribution in [2.24, 2.45) is 0 Å². The molecule has 0 radical (unpaired) electrons. The first-order chi connectivity index (χ1) is 14.8. The Balaban J connectivity index is 1.33. The number of fused-ring (bicyclic) bond motifs is 1. The molecule has 0 aliphatic carbocycles. The van der Waals surface area contributed by atoms with Gasteiger partial charge in [0.1, 0.15) is 17.7 Å². The number of carbonyl (C=O) groups is 1. The summed E-state index contributed by atoms with van der Waals surface area (Å²) in [5.74, 6) is 3.01. The monoisotopic (exact) mass is 419 g/mol. The number of rotatable bonds is 5. The van der Waals surface area contributed by atoms with Gasteiger partial charge in [0, 0.05) is 17.9 Å². The fourth-order valence-corrected chi connectivity index (χ4v) is 4.89. The SMILES string of the molecule is O=C(c1ccc2c(c1)OCO2)N1CCSC1c1cccc(OCc2ccccc2)c1. The quantitative estimate of drug-likeness (QED) is 0.590. The maximum Gasteiger partial charge on any atom is 0.255 e. The summed E-state index contributed by atoms with van der Waals surface area (Å²) in [5.41, 5.74) is 2.80. The van der Waals surface area contributed by atoms with Crippen LogP contribution in [0.3, 0.4) is 0 Å². The van der Waals surface area contributed by atoms with Crippen molar-refractivity contribution in [1.82, 2.24) is 4.90 Å². The molecule has 0 saturated carbocycles. The Hall–Kier alpha value is -3.12. The van der Waals surface area contributed by atoms with Gasteiger partial charge in [0.2, 0.25) is 6.79 Å². The molecule has 3 aromatic carbocycles. The standard InChI is InChI=1S/C24H21NO4S/c26-23(18-9-10-21-22(14-18)29-16-28-21)25-11-12-30-24(25)19-7-4-8-20(13-19)27-15-17-5-2-1-3-6-17/h1-10,13-14,24H,11-12,15-16H2. The second-order valence-corrected chi connectivity index (χ2v) is 8.32. The lowest BCUT2D eigenvalue weighted by Gasteiger charge is -2.24. The fourth-order valence-electron chi connectivity index (χ4n) is 3.65. The molecule has 0 bridgehead atoms. The second-order valence-electron chi connectivity index (χ2n) is 7.14. The molecular weight excluding hydrogens is 398 g/mol. The number of ether oxygens (including phenoxy) is 3. The van der Waals surface area contributed by atoms with E-state index in [1.807, 2.05) is 53.4 Å². The highest BCUT2D eigenvalue weighted by Crippen LogP contribution is 2.41. The zero-order chi connectivity index (χ0) is 20.3. The summed E-state index contributed by atoms with van der Waals surface area (Å²) >= 11 is 1.77. The van der Waals surface area contributed by atoms with E-state index in [4.69, 9.17) is 14.2 Å². The van der Waals surface area contributed by atoms with Crippen LogP contribution in [-0.2, 0) is 6.61 Å². The number of amides is 1. The molecule has 6 heteroatoms. The Kier molecular flexibility index (Phi) is 5.24. The van der Waals surface area contributed by atoms with Gasteiger partial charge in [-0.25, -0.2) is 0 Å². The van der Waals surface area contributed by atoms with Gasteiger partial charge < -0.3 is 19.1 Å². The Morgan fingerprint density at radius 3 is 2.77 bits per heavy atom. The average molecular weight is 420 g/mol. The van der Waals surface area contributed by atoms with Gasteiger partial charge in [-0.05, 0) is 41.5 Å². The average Bonchev–Trinajstić information content (AvgIpc) is 3.47. The number of hydrogen-bond donors (Lipinski definition) is 0. The van der Waals surface area contributed by atoms with Crippen LogP contribution in [0.4, 0.5) is 0 Å². The molecular formula is C24H21NO4S. The van der Waals surface area contributed by atoms with E-state index in [1.54, 1.807) is 30.0 Å². The maximum absolute atomic E-state index is 13.2. The van der Waals surface area contributed by atoms with Gasteiger partial charge >= 0.3 is 0 Å². The molecule has 0 N–H and O–H groups in total. The van der Waals surface area contributed by atoms with Crippen LogP contribution in [0.2, 0.25) is 0 Å². The van der Waals surface area contributed by atoms with Gasteiger partial charge in [0.05, 0.1) is 0 Å². The normalized spacial score (nSPS) is 17.2. The minimum atomic E-state index is -0.0387. The number of nitrogens with zero attached hydrogens (tertiary/aromatic N) is 1. The lowest BCUT2D eigenvalue weighted by Crippen LogP contribution is -2.30. The van der Waals surface area contributed by atoms with Gasteiger partial charge in [-0.15, -0.1) is 11.8 Å². The molecule has 1 unspecified atom stereocenters.